The Morgan fingerprint density at radius 1 is 1.47 bits per heavy atom. The second-order valence-electron chi connectivity index (χ2n) is 5.67. The van der Waals surface area contributed by atoms with Crippen LogP contribution in [0, 0.1) is 0 Å². The van der Waals surface area contributed by atoms with Gasteiger partial charge < -0.3 is 15.5 Å². The molecular formula is C15H24BrN3. The summed E-state index contributed by atoms with van der Waals surface area (Å²) in [5, 5.41) is 0. The third-order valence-corrected chi connectivity index (χ3v) is 4.66. The molecule has 106 valence electrons. The van der Waals surface area contributed by atoms with E-state index < -0.39 is 0 Å². The van der Waals surface area contributed by atoms with Gasteiger partial charge in [-0.15, -0.1) is 0 Å². The summed E-state index contributed by atoms with van der Waals surface area (Å²) in [6.07, 6.45) is 2.55. The van der Waals surface area contributed by atoms with E-state index in [0.29, 0.717) is 6.04 Å². The van der Waals surface area contributed by atoms with Crippen molar-refractivity contribution in [3.8, 4) is 0 Å². The zero-order chi connectivity index (χ0) is 14.0. The zero-order valence-corrected chi connectivity index (χ0v) is 13.7. The van der Waals surface area contributed by atoms with Crippen LogP contribution in [0.15, 0.2) is 22.7 Å². The lowest BCUT2D eigenvalue weighted by molar-refractivity contribution is 0.248. The maximum atomic E-state index is 5.93. The molecule has 1 aliphatic rings. The van der Waals surface area contributed by atoms with Gasteiger partial charge in [-0.05, 0) is 67.0 Å². The number of halogens is 1. The van der Waals surface area contributed by atoms with Crippen molar-refractivity contribution in [3.05, 3.63) is 28.2 Å². The van der Waals surface area contributed by atoms with E-state index in [4.69, 9.17) is 5.73 Å². The summed E-state index contributed by atoms with van der Waals surface area (Å²) in [6.45, 7) is 4.37. The molecule has 19 heavy (non-hydrogen) atoms. The first-order chi connectivity index (χ1) is 8.99. The fraction of sp³-hybridized carbons (Fsp3) is 0.600. The highest BCUT2D eigenvalue weighted by Gasteiger charge is 2.22. The Hall–Kier alpha value is -0.580. The molecule has 2 unspecified atom stereocenters. The number of nitrogens with zero attached hydrogens (tertiary/aromatic N) is 2. The minimum absolute atomic E-state index is 0.0801. The lowest BCUT2D eigenvalue weighted by Crippen LogP contribution is -2.45. The van der Waals surface area contributed by atoms with Gasteiger partial charge in [0.15, 0.2) is 0 Å². The molecule has 0 aromatic heterocycles. The van der Waals surface area contributed by atoms with Crippen LogP contribution in [-0.2, 0) is 0 Å². The first kappa shape index (κ1) is 14.8. The fourth-order valence-electron chi connectivity index (χ4n) is 2.74. The molecular weight excluding hydrogens is 302 g/mol. The highest BCUT2D eigenvalue weighted by molar-refractivity contribution is 9.10. The molecule has 0 saturated carbocycles. The van der Waals surface area contributed by atoms with Gasteiger partial charge in [-0.1, -0.05) is 6.07 Å². The Labute approximate surface area is 124 Å². The maximum Gasteiger partial charge on any atom is 0.0511 e. The van der Waals surface area contributed by atoms with E-state index in [1.807, 2.05) is 6.92 Å². The number of anilines is 1. The molecule has 0 spiro atoms. The van der Waals surface area contributed by atoms with Crippen LogP contribution in [0.3, 0.4) is 0 Å². The number of hydrogen-bond donors (Lipinski definition) is 1. The summed E-state index contributed by atoms with van der Waals surface area (Å²) in [7, 11) is 4.39. The van der Waals surface area contributed by atoms with Crippen molar-refractivity contribution in [2.24, 2.45) is 5.73 Å². The predicted octanol–water partition coefficient (Wildman–Crippen LogP) is 3.00. The van der Waals surface area contributed by atoms with Crippen LogP contribution in [0.25, 0.3) is 0 Å². The first-order valence-corrected chi connectivity index (χ1v) is 7.74. The number of piperidine rings is 1. The van der Waals surface area contributed by atoms with Gasteiger partial charge in [-0.3, -0.25) is 0 Å². The summed E-state index contributed by atoms with van der Waals surface area (Å²) in [5.41, 5.74) is 8.35. The molecule has 0 aliphatic carbocycles. The Balaban J connectivity index is 2.16. The van der Waals surface area contributed by atoms with Crippen molar-refractivity contribution in [2.75, 3.05) is 32.1 Å². The van der Waals surface area contributed by atoms with Gasteiger partial charge in [0.2, 0.25) is 0 Å². The minimum atomic E-state index is 0.0801. The number of rotatable bonds is 3. The van der Waals surface area contributed by atoms with Crippen LogP contribution in [0.5, 0.6) is 0 Å². The van der Waals surface area contributed by atoms with Crippen molar-refractivity contribution >= 4 is 21.6 Å². The predicted molar refractivity (Wildman–Crippen MR) is 85.7 cm³/mol. The smallest absolute Gasteiger partial charge is 0.0511 e. The van der Waals surface area contributed by atoms with Gasteiger partial charge in [-0.2, -0.15) is 0 Å². The van der Waals surface area contributed by atoms with Gasteiger partial charge in [0.05, 0.1) is 5.69 Å². The van der Waals surface area contributed by atoms with E-state index in [1.54, 1.807) is 0 Å². The fourth-order valence-corrected chi connectivity index (χ4v) is 3.42. The Kier molecular flexibility index (Phi) is 4.87. The summed E-state index contributed by atoms with van der Waals surface area (Å²) in [5.74, 6) is 0. The molecule has 1 aromatic carbocycles. The molecule has 2 rings (SSSR count). The number of hydrogen-bond acceptors (Lipinski definition) is 3. The molecule has 0 amide bonds. The number of nitrogens with two attached hydrogens (primary N) is 1. The second-order valence-corrected chi connectivity index (χ2v) is 6.52. The topological polar surface area (TPSA) is 32.5 Å². The minimum Gasteiger partial charge on any atom is -0.369 e. The average Bonchev–Trinajstić information content (AvgIpc) is 2.37. The molecule has 2 N–H and O–H groups in total. The Morgan fingerprint density at radius 2 is 2.21 bits per heavy atom. The van der Waals surface area contributed by atoms with E-state index in [0.717, 1.165) is 11.0 Å². The van der Waals surface area contributed by atoms with Crippen molar-refractivity contribution in [3.63, 3.8) is 0 Å². The Bertz CT molecular complexity index is 433. The highest BCUT2D eigenvalue weighted by Crippen LogP contribution is 2.31. The lowest BCUT2D eigenvalue weighted by atomic mass is 10.0. The molecule has 4 heteroatoms. The van der Waals surface area contributed by atoms with Gasteiger partial charge >= 0.3 is 0 Å². The molecule has 1 fully saturated rings. The van der Waals surface area contributed by atoms with Crippen molar-refractivity contribution in [1.82, 2.24) is 4.90 Å². The maximum absolute atomic E-state index is 5.93. The molecule has 2 atom stereocenters. The summed E-state index contributed by atoms with van der Waals surface area (Å²) < 4.78 is 1.14. The van der Waals surface area contributed by atoms with Crippen molar-refractivity contribution in [1.29, 1.82) is 0 Å². The van der Waals surface area contributed by atoms with Crippen LogP contribution in [0.2, 0.25) is 0 Å². The molecule has 0 radical (unpaired) electrons. The number of likely N-dealkylation sites (tertiary alicyclic amines) is 1. The van der Waals surface area contributed by atoms with E-state index in [9.17, 15) is 0 Å². The van der Waals surface area contributed by atoms with E-state index in [1.165, 1.54) is 30.6 Å². The summed E-state index contributed by atoms with van der Waals surface area (Å²) >= 11 is 3.69. The Morgan fingerprint density at radius 3 is 2.79 bits per heavy atom. The number of benzene rings is 1. The molecule has 3 nitrogen and oxygen atoms in total. The van der Waals surface area contributed by atoms with Crippen LogP contribution >= 0.6 is 15.9 Å². The first-order valence-electron chi connectivity index (χ1n) is 6.95. The molecule has 1 heterocycles. The summed E-state index contributed by atoms with van der Waals surface area (Å²) in [6, 6.07) is 7.13. The van der Waals surface area contributed by atoms with Crippen LogP contribution in [0.4, 0.5) is 5.69 Å². The van der Waals surface area contributed by atoms with E-state index in [2.05, 4.69) is 58.0 Å². The van der Waals surface area contributed by atoms with Gasteiger partial charge in [0.25, 0.3) is 0 Å². The third kappa shape index (κ3) is 3.50. The molecule has 1 aromatic rings. The quantitative estimate of drug-likeness (QED) is 0.927. The summed E-state index contributed by atoms with van der Waals surface area (Å²) in [4.78, 5) is 4.81. The average molecular weight is 326 g/mol. The van der Waals surface area contributed by atoms with Gasteiger partial charge in [0, 0.05) is 30.1 Å². The molecule has 1 aliphatic heterocycles. The van der Waals surface area contributed by atoms with E-state index in [-0.39, 0.29) is 6.04 Å². The standard InChI is InChI=1S/C15H24BrN3/c1-11(17)12-6-7-15(14(16)9-12)19(3)13-5-4-8-18(2)10-13/h6-7,9,11,13H,4-5,8,10,17H2,1-3H3. The largest absolute Gasteiger partial charge is 0.369 e. The van der Waals surface area contributed by atoms with Crippen LogP contribution in [0.1, 0.15) is 31.4 Å². The number of likely N-dealkylation sites (N-methyl/N-ethyl adjacent to an activating group) is 2. The second kappa shape index (κ2) is 6.25. The highest BCUT2D eigenvalue weighted by atomic mass is 79.9. The molecule has 0 bridgehead atoms. The SMILES string of the molecule is CC(N)c1ccc(N(C)C2CCCN(C)C2)c(Br)c1. The van der Waals surface area contributed by atoms with Crippen molar-refractivity contribution < 1.29 is 0 Å². The van der Waals surface area contributed by atoms with E-state index >= 15 is 0 Å². The zero-order valence-electron chi connectivity index (χ0n) is 12.1. The monoisotopic (exact) mass is 325 g/mol. The lowest BCUT2D eigenvalue weighted by Gasteiger charge is -2.37. The normalized spacial score (nSPS) is 22.3. The van der Waals surface area contributed by atoms with Gasteiger partial charge in [-0.25, -0.2) is 0 Å². The third-order valence-electron chi connectivity index (χ3n) is 4.02. The van der Waals surface area contributed by atoms with Crippen LogP contribution in [-0.4, -0.2) is 38.1 Å². The van der Waals surface area contributed by atoms with Gasteiger partial charge in [0.1, 0.15) is 0 Å². The van der Waals surface area contributed by atoms with Crippen molar-refractivity contribution in [2.45, 2.75) is 31.8 Å². The van der Waals surface area contributed by atoms with Crippen LogP contribution < -0.4 is 10.6 Å². The molecule has 1 saturated heterocycles.